The van der Waals surface area contributed by atoms with E-state index in [-0.39, 0.29) is 23.4 Å². The fourth-order valence-electron chi connectivity index (χ4n) is 2.92. The minimum Gasteiger partial charge on any atom is -0.456 e. The van der Waals surface area contributed by atoms with Crippen molar-refractivity contribution in [3.8, 4) is 11.5 Å². The molecular formula is C21H19F3N2O4S. The molecule has 0 fully saturated rings. The molecule has 1 amide bonds. The van der Waals surface area contributed by atoms with Crippen molar-refractivity contribution in [2.75, 3.05) is 0 Å². The van der Waals surface area contributed by atoms with Crippen LogP contribution in [-0.2, 0) is 16.2 Å². The molecule has 2 aromatic rings. The number of amides is 1. The van der Waals surface area contributed by atoms with Gasteiger partial charge in [-0.25, -0.2) is 13.6 Å². The summed E-state index contributed by atoms with van der Waals surface area (Å²) in [5, 5.41) is 6.63. The van der Waals surface area contributed by atoms with Gasteiger partial charge in [0.2, 0.25) is 10.0 Å². The maximum atomic E-state index is 13.2. The summed E-state index contributed by atoms with van der Waals surface area (Å²) in [4.78, 5) is 12.8. The molecule has 1 aliphatic carbocycles. The van der Waals surface area contributed by atoms with Crippen molar-refractivity contribution < 1.29 is 31.1 Å². The highest BCUT2D eigenvalue weighted by molar-refractivity contribution is 7.89. The average Bonchev–Trinajstić information content (AvgIpc) is 2.68. The van der Waals surface area contributed by atoms with Crippen LogP contribution in [0.3, 0.4) is 0 Å². The van der Waals surface area contributed by atoms with E-state index in [0.717, 1.165) is 18.2 Å². The number of rotatable bonds is 5. The first-order valence-corrected chi connectivity index (χ1v) is 10.7. The third-order valence-electron chi connectivity index (χ3n) is 4.58. The second kappa shape index (κ2) is 8.56. The van der Waals surface area contributed by atoms with Gasteiger partial charge in [0.15, 0.2) is 0 Å². The van der Waals surface area contributed by atoms with E-state index in [1.807, 2.05) is 0 Å². The second-order valence-corrected chi connectivity index (χ2v) is 8.70. The number of carbonyl (C=O) groups is 1. The number of primary sulfonamides is 1. The van der Waals surface area contributed by atoms with Gasteiger partial charge in [-0.3, -0.25) is 4.79 Å². The van der Waals surface area contributed by atoms with Crippen molar-refractivity contribution in [2.24, 2.45) is 5.14 Å². The van der Waals surface area contributed by atoms with Crippen LogP contribution in [0.15, 0.2) is 66.4 Å². The number of alkyl halides is 3. The van der Waals surface area contributed by atoms with Crippen LogP contribution in [0.1, 0.15) is 27.9 Å². The van der Waals surface area contributed by atoms with Crippen LogP contribution in [-0.4, -0.2) is 19.6 Å². The molecule has 31 heavy (non-hydrogen) atoms. The minimum absolute atomic E-state index is 0.150. The van der Waals surface area contributed by atoms with Gasteiger partial charge in [0.05, 0.1) is 16.4 Å². The maximum Gasteiger partial charge on any atom is 0.416 e. The van der Waals surface area contributed by atoms with E-state index in [4.69, 9.17) is 9.88 Å². The number of hydrogen-bond donors (Lipinski definition) is 2. The number of sulfonamides is 1. The van der Waals surface area contributed by atoms with Crippen LogP contribution in [0.4, 0.5) is 13.2 Å². The van der Waals surface area contributed by atoms with Crippen molar-refractivity contribution in [3.05, 3.63) is 83.1 Å². The van der Waals surface area contributed by atoms with Crippen molar-refractivity contribution >= 4 is 15.9 Å². The van der Waals surface area contributed by atoms with Crippen LogP contribution in [0, 0.1) is 6.92 Å². The first-order chi connectivity index (χ1) is 14.4. The Morgan fingerprint density at radius 3 is 2.52 bits per heavy atom. The van der Waals surface area contributed by atoms with Crippen LogP contribution < -0.4 is 15.2 Å². The van der Waals surface area contributed by atoms with Crippen molar-refractivity contribution in [3.63, 3.8) is 0 Å². The Bertz CT molecular complexity index is 1170. The van der Waals surface area contributed by atoms with Gasteiger partial charge >= 0.3 is 6.18 Å². The largest absolute Gasteiger partial charge is 0.456 e. The lowest BCUT2D eigenvalue weighted by molar-refractivity contribution is -0.137. The van der Waals surface area contributed by atoms with Crippen LogP contribution in [0.25, 0.3) is 0 Å². The smallest absolute Gasteiger partial charge is 0.416 e. The van der Waals surface area contributed by atoms with Crippen LogP contribution in [0.5, 0.6) is 11.5 Å². The van der Waals surface area contributed by atoms with E-state index in [0.29, 0.717) is 11.3 Å². The van der Waals surface area contributed by atoms with Crippen LogP contribution >= 0.6 is 0 Å². The molecule has 0 heterocycles. The highest BCUT2D eigenvalue weighted by Gasteiger charge is 2.32. The molecule has 1 unspecified atom stereocenters. The Hall–Kier alpha value is -3.11. The molecule has 0 aromatic heterocycles. The summed E-state index contributed by atoms with van der Waals surface area (Å²) in [6.07, 6.45) is -0.177. The molecule has 0 saturated carbocycles. The summed E-state index contributed by atoms with van der Waals surface area (Å²) in [6, 6.07) is 9.22. The molecular weight excluding hydrogens is 433 g/mol. The van der Waals surface area contributed by atoms with Gasteiger partial charge in [0, 0.05) is 5.70 Å². The fourth-order valence-corrected chi connectivity index (χ4v) is 3.64. The Morgan fingerprint density at radius 2 is 1.87 bits per heavy atom. The summed E-state index contributed by atoms with van der Waals surface area (Å²) >= 11 is 0. The lowest BCUT2D eigenvalue weighted by Crippen LogP contribution is -2.31. The predicted octanol–water partition coefficient (Wildman–Crippen LogP) is 4.04. The summed E-state index contributed by atoms with van der Waals surface area (Å²) < 4.78 is 68.4. The molecule has 10 heteroatoms. The summed E-state index contributed by atoms with van der Waals surface area (Å²) in [5.74, 6) is -0.754. The quantitative estimate of drug-likeness (QED) is 0.716. The van der Waals surface area contributed by atoms with E-state index in [1.165, 1.54) is 18.2 Å². The monoisotopic (exact) mass is 452 g/mol. The third-order valence-corrected chi connectivity index (χ3v) is 5.75. The molecule has 6 nitrogen and oxygen atoms in total. The highest BCUT2D eigenvalue weighted by Crippen LogP contribution is 2.35. The maximum absolute atomic E-state index is 13.2. The van der Waals surface area contributed by atoms with Gasteiger partial charge < -0.3 is 10.1 Å². The van der Waals surface area contributed by atoms with E-state index in [2.05, 4.69) is 5.32 Å². The molecule has 3 N–H and O–H groups in total. The lowest BCUT2D eigenvalue weighted by atomic mass is 10.1. The van der Waals surface area contributed by atoms with E-state index >= 15 is 0 Å². The Labute approximate surface area is 177 Å². The van der Waals surface area contributed by atoms with E-state index < -0.39 is 32.9 Å². The predicted molar refractivity (Wildman–Crippen MR) is 109 cm³/mol. The normalized spacial score (nSPS) is 16.5. The molecule has 164 valence electrons. The topological polar surface area (TPSA) is 98.5 Å². The van der Waals surface area contributed by atoms with Gasteiger partial charge in [-0.15, -0.1) is 0 Å². The summed E-state index contributed by atoms with van der Waals surface area (Å²) in [5.41, 5.74) is -0.292. The number of benzene rings is 2. The SMILES string of the molecule is Cc1ccccc1Oc1cc(C(F)(F)F)ccc1C(=O)NC1=CC(S(N)(=O)=O)CC=C1. The highest BCUT2D eigenvalue weighted by atomic mass is 32.2. The van der Waals surface area contributed by atoms with Crippen molar-refractivity contribution in [1.82, 2.24) is 5.32 Å². The number of nitrogens with one attached hydrogen (secondary N) is 1. The number of nitrogens with two attached hydrogens (primary N) is 1. The van der Waals surface area contributed by atoms with Gasteiger partial charge in [-0.2, -0.15) is 13.2 Å². The molecule has 0 radical (unpaired) electrons. The fraction of sp³-hybridized carbons (Fsp3) is 0.190. The zero-order chi connectivity index (χ0) is 22.8. The third kappa shape index (κ3) is 5.53. The molecule has 2 aromatic carbocycles. The minimum atomic E-state index is -4.63. The molecule has 0 spiro atoms. The van der Waals surface area contributed by atoms with Crippen molar-refractivity contribution in [2.45, 2.75) is 24.8 Å². The second-order valence-electron chi connectivity index (χ2n) is 6.92. The summed E-state index contributed by atoms with van der Waals surface area (Å²) in [6.45, 7) is 1.72. The molecule has 0 bridgehead atoms. The lowest BCUT2D eigenvalue weighted by Gasteiger charge is -2.18. The molecule has 1 aliphatic rings. The number of halogens is 3. The van der Waals surface area contributed by atoms with Crippen molar-refractivity contribution in [1.29, 1.82) is 0 Å². The Morgan fingerprint density at radius 1 is 1.16 bits per heavy atom. The van der Waals surface area contributed by atoms with Gasteiger partial charge in [-0.1, -0.05) is 24.3 Å². The van der Waals surface area contributed by atoms with Gasteiger partial charge in [-0.05, 0) is 55.3 Å². The average molecular weight is 452 g/mol. The van der Waals surface area contributed by atoms with E-state index in [1.54, 1.807) is 31.2 Å². The Balaban J connectivity index is 1.96. The number of ether oxygens (including phenoxy) is 1. The number of allylic oxidation sites excluding steroid dienone is 2. The number of para-hydroxylation sites is 1. The molecule has 0 aliphatic heterocycles. The van der Waals surface area contributed by atoms with E-state index in [9.17, 15) is 26.4 Å². The summed E-state index contributed by atoms with van der Waals surface area (Å²) in [7, 11) is -3.86. The molecule has 1 atom stereocenters. The Kier molecular flexibility index (Phi) is 6.23. The van der Waals surface area contributed by atoms with Crippen LogP contribution in [0.2, 0.25) is 0 Å². The molecule has 0 saturated heterocycles. The zero-order valence-corrected chi connectivity index (χ0v) is 17.1. The standard InChI is InChI=1S/C21H19F3N2O4S/c1-13-5-2-3-8-18(13)30-19-11-14(21(22,23)24)9-10-17(19)20(27)26-15-6-4-7-16(12-15)31(25,28)29/h2-6,8-12,16H,7H2,1H3,(H,26,27)(H2,25,28,29). The first kappa shape index (κ1) is 22.6. The van der Waals surface area contributed by atoms with Gasteiger partial charge in [0.25, 0.3) is 5.91 Å². The zero-order valence-electron chi connectivity index (χ0n) is 16.3. The van der Waals surface area contributed by atoms with Gasteiger partial charge in [0.1, 0.15) is 11.5 Å². The number of aryl methyl sites for hydroxylation is 1. The number of hydrogen-bond acceptors (Lipinski definition) is 4. The first-order valence-electron chi connectivity index (χ1n) is 9.11. The number of carbonyl (C=O) groups excluding carboxylic acids is 1. The molecule has 3 rings (SSSR count).